The van der Waals surface area contributed by atoms with Gasteiger partial charge in [0, 0.05) is 24.0 Å². The molecule has 5 nitrogen and oxygen atoms in total. The van der Waals surface area contributed by atoms with Crippen LogP contribution in [0.4, 0.5) is 5.69 Å². The first-order chi connectivity index (χ1) is 9.65. The molecule has 0 unspecified atom stereocenters. The quantitative estimate of drug-likeness (QED) is 0.867. The molecule has 1 N–H and O–H groups in total. The molecule has 1 aromatic carbocycles. The van der Waals surface area contributed by atoms with E-state index in [2.05, 4.69) is 21.3 Å². The molecule has 6 heteroatoms. The Balaban J connectivity index is 2.04. The third kappa shape index (κ3) is 3.21. The van der Waals surface area contributed by atoms with Crippen LogP contribution in [0.25, 0.3) is 0 Å². The van der Waals surface area contributed by atoms with Crippen LogP contribution in [0.15, 0.2) is 18.2 Å². The first-order valence-corrected chi connectivity index (χ1v) is 6.81. The van der Waals surface area contributed by atoms with Gasteiger partial charge in [0.1, 0.15) is 6.07 Å². The van der Waals surface area contributed by atoms with E-state index in [0.717, 1.165) is 31.6 Å². The summed E-state index contributed by atoms with van der Waals surface area (Å²) in [5, 5.41) is 9.72. The Kier molecular flexibility index (Phi) is 4.83. The van der Waals surface area contributed by atoms with Gasteiger partial charge in [-0.2, -0.15) is 5.26 Å². The van der Waals surface area contributed by atoms with E-state index < -0.39 is 0 Å². The fourth-order valence-corrected chi connectivity index (χ4v) is 2.61. The number of halogens is 1. The number of anilines is 1. The van der Waals surface area contributed by atoms with Crippen molar-refractivity contribution in [2.75, 3.05) is 25.1 Å². The molecule has 1 saturated heterocycles. The second-order valence-electron chi connectivity index (χ2n) is 4.71. The van der Waals surface area contributed by atoms with Crippen molar-refractivity contribution in [1.82, 2.24) is 5.48 Å². The molecule has 0 atom stereocenters. The summed E-state index contributed by atoms with van der Waals surface area (Å²) in [5.74, 6) is -0.118. The van der Waals surface area contributed by atoms with Crippen molar-refractivity contribution in [3.63, 3.8) is 0 Å². The molecule has 2 rings (SSSR count). The monoisotopic (exact) mass is 293 g/mol. The summed E-state index contributed by atoms with van der Waals surface area (Å²) >= 11 is 5.90. The van der Waals surface area contributed by atoms with Crippen molar-refractivity contribution in [3.05, 3.63) is 28.8 Å². The summed E-state index contributed by atoms with van der Waals surface area (Å²) in [5.41, 5.74) is 3.82. The zero-order valence-electron chi connectivity index (χ0n) is 11.2. The second kappa shape index (κ2) is 6.60. The molecular formula is C14H16ClN3O2. The molecule has 0 spiro atoms. The van der Waals surface area contributed by atoms with Gasteiger partial charge < -0.3 is 4.90 Å². The predicted octanol–water partition coefficient (Wildman–Crippen LogP) is 2.11. The Morgan fingerprint density at radius 3 is 2.80 bits per heavy atom. The van der Waals surface area contributed by atoms with E-state index in [1.54, 1.807) is 12.1 Å². The van der Waals surface area contributed by atoms with Crippen molar-refractivity contribution in [3.8, 4) is 6.07 Å². The molecule has 1 aliphatic heterocycles. The first kappa shape index (κ1) is 14.6. The second-order valence-corrected chi connectivity index (χ2v) is 5.14. The smallest absolute Gasteiger partial charge is 0.246 e. The number of nitriles is 1. The largest absolute Gasteiger partial charge is 0.370 e. The highest BCUT2D eigenvalue weighted by molar-refractivity contribution is 6.30. The summed E-state index contributed by atoms with van der Waals surface area (Å²) in [4.78, 5) is 18.4. The Morgan fingerprint density at radius 1 is 1.50 bits per heavy atom. The lowest BCUT2D eigenvalue weighted by Crippen LogP contribution is -2.40. The molecule has 106 valence electrons. The van der Waals surface area contributed by atoms with Gasteiger partial charge >= 0.3 is 0 Å². The molecule has 0 saturated carbocycles. The topological polar surface area (TPSA) is 65.4 Å². The minimum absolute atomic E-state index is 0.0379. The van der Waals surface area contributed by atoms with Crippen LogP contribution < -0.4 is 10.4 Å². The number of hydrogen-bond acceptors (Lipinski definition) is 4. The van der Waals surface area contributed by atoms with Crippen LogP contribution in [0, 0.1) is 17.2 Å². The molecule has 1 heterocycles. The number of carbonyl (C=O) groups is 1. The number of benzene rings is 1. The maximum atomic E-state index is 11.7. The van der Waals surface area contributed by atoms with Crippen molar-refractivity contribution < 1.29 is 9.63 Å². The van der Waals surface area contributed by atoms with Gasteiger partial charge in [0.15, 0.2) is 0 Å². The summed E-state index contributed by atoms with van der Waals surface area (Å²) in [7, 11) is 1.43. The Bertz CT molecular complexity index is 534. The molecule has 20 heavy (non-hydrogen) atoms. The van der Waals surface area contributed by atoms with Gasteiger partial charge in [-0.3, -0.25) is 9.63 Å². The zero-order chi connectivity index (χ0) is 14.5. The zero-order valence-corrected chi connectivity index (χ0v) is 12.0. The molecule has 0 radical (unpaired) electrons. The Labute approximate surface area is 123 Å². The van der Waals surface area contributed by atoms with Crippen molar-refractivity contribution in [1.29, 1.82) is 5.26 Å². The number of carbonyl (C=O) groups excluding carboxylic acids is 1. The number of hydroxylamine groups is 1. The van der Waals surface area contributed by atoms with Gasteiger partial charge in [0.25, 0.3) is 0 Å². The summed E-state index contributed by atoms with van der Waals surface area (Å²) in [6.45, 7) is 1.47. The summed E-state index contributed by atoms with van der Waals surface area (Å²) in [6.07, 6.45) is 1.48. The SMILES string of the molecule is CONC(=O)C1CCN(c2ccc(Cl)cc2C#N)CC1. The molecule has 1 amide bonds. The number of nitrogens with zero attached hydrogens (tertiary/aromatic N) is 2. The van der Waals surface area contributed by atoms with Crippen LogP contribution in [0.1, 0.15) is 18.4 Å². The minimum atomic E-state index is -0.0798. The van der Waals surface area contributed by atoms with Gasteiger partial charge in [-0.25, -0.2) is 5.48 Å². The van der Waals surface area contributed by atoms with Crippen LogP contribution >= 0.6 is 11.6 Å². The van der Waals surface area contributed by atoms with Crippen LogP contribution in [0.2, 0.25) is 5.02 Å². The van der Waals surface area contributed by atoms with Gasteiger partial charge in [-0.05, 0) is 31.0 Å². The van der Waals surface area contributed by atoms with Gasteiger partial charge in [-0.15, -0.1) is 0 Å². The molecule has 1 aromatic rings. The fraction of sp³-hybridized carbons (Fsp3) is 0.429. The van der Waals surface area contributed by atoms with Gasteiger partial charge in [0.05, 0.1) is 18.4 Å². The lowest BCUT2D eigenvalue weighted by Gasteiger charge is -2.33. The lowest BCUT2D eigenvalue weighted by molar-refractivity contribution is -0.136. The Hall–Kier alpha value is -1.77. The van der Waals surface area contributed by atoms with Crippen molar-refractivity contribution in [2.24, 2.45) is 5.92 Å². The molecule has 1 aliphatic rings. The molecule has 1 fully saturated rings. The Morgan fingerprint density at radius 2 is 2.20 bits per heavy atom. The number of hydrogen-bond donors (Lipinski definition) is 1. The lowest BCUT2D eigenvalue weighted by atomic mass is 9.95. The number of rotatable bonds is 3. The number of amides is 1. The van der Waals surface area contributed by atoms with Crippen molar-refractivity contribution >= 4 is 23.2 Å². The minimum Gasteiger partial charge on any atom is -0.370 e. The third-order valence-electron chi connectivity index (χ3n) is 3.49. The van der Waals surface area contributed by atoms with Gasteiger partial charge in [-0.1, -0.05) is 11.6 Å². The first-order valence-electron chi connectivity index (χ1n) is 6.43. The van der Waals surface area contributed by atoms with Crippen LogP contribution in [0.5, 0.6) is 0 Å². The summed E-state index contributed by atoms with van der Waals surface area (Å²) in [6, 6.07) is 7.47. The number of piperidine rings is 1. The standard InChI is InChI=1S/C14H16ClN3O2/c1-20-17-14(19)10-4-6-18(7-5-10)13-3-2-12(15)8-11(13)9-16/h2-3,8,10H,4-7H2,1H3,(H,17,19). The van der Waals surface area contributed by atoms with Crippen LogP contribution in [-0.2, 0) is 9.63 Å². The molecule has 0 bridgehead atoms. The highest BCUT2D eigenvalue weighted by Crippen LogP contribution is 2.28. The predicted molar refractivity (Wildman–Crippen MR) is 76.3 cm³/mol. The number of nitrogens with one attached hydrogen (secondary N) is 1. The maximum Gasteiger partial charge on any atom is 0.246 e. The molecule has 0 aromatic heterocycles. The van der Waals surface area contributed by atoms with E-state index >= 15 is 0 Å². The van der Waals surface area contributed by atoms with E-state index in [1.165, 1.54) is 7.11 Å². The van der Waals surface area contributed by atoms with Crippen LogP contribution in [-0.4, -0.2) is 26.1 Å². The maximum absolute atomic E-state index is 11.7. The average Bonchev–Trinajstić information content (AvgIpc) is 2.47. The van der Waals surface area contributed by atoms with E-state index in [1.807, 2.05) is 6.07 Å². The highest BCUT2D eigenvalue weighted by Gasteiger charge is 2.26. The normalized spacial score (nSPS) is 15.8. The highest BCUT2D eigenvalue weighted by atomic mass is 35.5. The van der Waals surface area contributed by atoms with E-state index in [9.17, 15) is 4.79 Å². The van der Waals surface area contributed by atoms with E-state index in [-0.39, 0.29) is 11.8 Å². The van der Waals surface area contributed by atoms with E-state index in [4.69, 9.17) is 16.9 Å². The average molecular weight is 294 g/mol. The fourth-order valence-electron chi connectivity index (χ4n) is 2.44. The summed E-state index contributed by atoms with van der Waals surface area (Å²) < 4.78 is 0. The third-order valence-corrected chi connectivity index (χ3v) is 3.72. The molecule has 0 aliphatic carbocycles. The van der Waals surface area contributed by atoms with Crippen molar-refractivity contribution in [2.45, 2.75) is 12.8 Å². The van der Waals surface area contributed by atoms with Gasteiger partial charge in [0.2, 0.25) is 5.91 Å². The van der Waals surface area contributed by atoms with E-state index in [0.29, 0.717) is 10.6 Å². The molecular weight excluding hydrogens is 278 g/mol. The van der Waals surface area contributed by atoms with Crippen LogP contribution in [0.3, 0.4) is 0 Å².